The summed E-state index contributed by atoms with van der Waals surface area (Å²) in [4.78, 5) is 14.7. The first-order chi connectivity index (χ1) is 14.3. The number of halogens is 1. The molecule has 30 heavy (non-hydrogen) atoms. The van der Waals surface area contributed by atoms with E-state index < -0.39 is 10.0 Å². The lowest BCUT2D eigenvalue weighted by molar-refractivity contribution is -0.131. The zero-order chi connectivity index (χ0) is 21.7. The second kappa shape index (κ2) is 9.92. The Hall–Kier alpha value is -1.93. The summed E-state index contributed by atoms with van der Waals surface area (Å²) in [6.07, 6.45) is 0.144. The Morgan fingerprint density at radius 3 is 2.57 bits per heavy atom. The molecular weight excluding hydrogens is 422 g/mol. The van der Waals surface area contributed by atoms with E-state index in [-0.39, 0.29) is 30.3 Å². The van der Waals surface area contributed by atoms with Gasteiger partial charge in [-0.05, 0) is 48.7 Å². The maximum Gasteiger partial charge on any atom is 0.243 e. The minimum atomic E-state index is -3.78. The fourth-order valence-electron chi connectivity index (χ4n) is 3.54. The average Bonchev–Trinajstić information content (AvgIpc) is 2.73. The van der Waals surface area contributed by atoms with E-state index in [9.17, 15) is 13.2 Å². The quantitative estimate of drug-likeness (QED) is 0.705. The Kier molecular flexibility index (Phi) is 7.52. The summed E-state index contributed by atoms with van der Waals surface area (Å²) in [5.74, 6) is -0.0243. The number of hydrogen-bond donors (Lipinski definition) is 1. The molecule has 1 amide bonds. The summed E-state index contributed by atoms with van der Waals surface area (Å²) in [5.41, 5.74) is 2.34. The SMILES string of the molecule is Cc1ccc(C)c(S(=O)(=O)N(CCC(=O)N2CCNCC2)Cc2cccc(Cl)c2)c1. The van der Waals surface area contributed by atoms with Crippen molar-refractivity contribution in [2.75, 3.05) is 32.7 Å². The molecule has 2 aromatic carbocycles. The number of rotatable bonds is 7. The van der Waals surface area contributed by atoms with Gasteiger partial charge in [-0.3, -0.25) is 4.79 Å². The zero-order valence-corrected chi connectivity index (χ0v) is 19.0. The number of amides is 1. The van der Waals surface area contributed by atoms with Crippen LogP contribution in [0.15, 0.2) is 47.4 Å². The normalized spacial score (nSPS) is 14.9. The molecule has 0 spiro atoms. The van der Waals surface area contributed by atoms with Gasteiger partial charge < -0.3 is 10.2 Å². The van der Waals surface area contributed by atoms with Crippen LogP contribution in [0.1, 0.15) is 23.1 Å². The number of sulfonamides is 1. The van der Waals surface area contributed by atoms with Crippen molar-refractivity contribution >= 4 is 27.5 Å². The van der Waals surface area contributed by atoms with Crippen LogP contribution >= 0.6 is 11.6 Å². The van der Waals surface area contributed by atoms with Gasteiger partial charge in [0.25, 0.3) is 0 Å². The topological polar surface area (TPSA) is 69.7 Å². The number of carbonyl (C=O) groups excluding carboxylic acids is 1. The molecule has 0 atom stereocenters. The van der Waals surface area contributed by atoms with Gasteiger partial charge in [0.2, 0.25) is 15.9 Å². The minimum absolute atomic E-state index is 0.0243. The van der Waals surface area contributed by atoms with Gasteiger partial charge in [-0.25, -0.2) is 8.42 Å². The average molecular weight is 450 g/mol. The maximum atomic E-state index is 13.5. The van der Waals surface area contributed by atoms with Crippen molar-refractivity contribution in [1.29, 1.82) is 0 Å². The number of nitrogens with zero attached hydrogens (tertiary/aromatic N) is 2. The van der Waals surface area contributed by atoms with Gasteiger partial charge in [-0.2, -0.15) is 4.31 Å². The molecule has 0 aliphatic carbocycles. The Labute approximate surface area is 183 Å². The number of aryl methyl sites for hydroxylation is 2. The van der Waals surface area contributed by atoms with E-state index in [0.29, 0.717) is 23.7 Å². The van der Waals surface area contributed by atoms with Crippen molar-refractivity contribution in [1.82, 2.24) is 14.5 Å². The number of piperazine rings is 1. The second-order valence-electron chi connectivity index (χ2n) is 7.62. The Morgan fingerprint density at radius 1 is 1.13 bits per heavy atom. The van der Waals surface area contributed by atoms with E-state index in [4.69, 9.17) is 11.6 Å². The van der Waals surface area contributed by atoms with Gasteiger partial charge in [0, 0.05) is 50.7 Å². The van der Waals surface area contributed by atoms with Gasteiger partial charge in [-0.15, -0.1) is 0 Å². The van der Waals surface area contributed by atoms with Crippen molar-refractivity contribution in [3.05, 3.63) is 64.2 Å². The number of hydrogen-bond acceptors (Lipinski definition) is 4. The molecule has 8 heteroatoms. The Bertz CT molecular complexity index is 1000. The lowest BCUT2D eigenvalue weighted by Gasteiger charge is -2.29. The smallest absolute Gasteiger partial charge is 0.243 e. The third-order valence-electron chi connectivity index (χ3n) is 5.25. The van der Waals surface area contributed by atoms with Crippen LogP contribution in [0.3, 0.4) is 0 Å². The van der Waals surface area contributed by atoms with Crippen LogP contribution < -0.4 is 5.32 Å². The van der Waals surface area contributed by atoms with Gasteiger partial charge in [0.15, 0.2) is 0 Å². The van der Waals surface area contributed by atoms with E-state index in [1.165, 1.54) is 4.31 Å². The van der Waals surface area contributed by atoms with Gasteiger partial charge in [0.05, 0.1) is 4.90 Å². The molecule has 1 aliphatic heterocycles. The molecule has 0 radical (unpaired) electrons. The second-order valence-corrected chi connectivity index (χ2v) is 9.96. The van der Waals surface area contributed by atoms with Crippen LogP contribution in [0.25, 0.3) is 0 Å². The van der Waals surface area contributed by atoms with Gasteiger partial charge in [0.1, 0.15) is 0 Å². The lowest BCUT2D eigenvalue weighted by Crippen LogP contribution is -2.47. The molecule has 0 bridgehead atoms. The number of carbonyl (C=O) groups is 1. The van der Waals surface area contributed by atoms with Gasteiger partial charge in [-0.1, -0.05) is 35.9 Å². The van der Waals surface area contributed by atoms with Crippen molar-refractivity contribution in [2.45, 2.75) is 31.7 Å². The molecule has 1 heterocycles. The predicted octanol–water partition coefficient (Wildman–Crippen LogP) is 2.97. The first kappa shape index (κ1) is 22.7. The summed E-state index contributed by atoms with van der Waals surface area (Å²) >= 11 is 6.10. The fraction of sp³-hybridized carbons (Fsp3) is 0.409. The first-order valence-corrected chi connectivity index (χ1v) is 11.9. The minimum Gasteiger partial charge on any atom is -0.340 e. The molecule has 1 fully saturated rings. The highest BCUT2D eigenvalue weighted by Crippen LogP contribution is 2.24. The lowest BCUT2D eigenvalue weighted by atomic mass is 10.2. The molecule has 0 saturated carbocycles. The summed E-state index contributed by atoms with van der Waals surface area (Å²) in [6.45, 7) is 6.75. The van der Waals surface area contributed by atoms with Crippen LogP contribution in [0, 0.1) is 13.8 Å². The predicted molar refractivity (Wildman–Crippen MR) is 119 cm³/mol. The van der Waals surface area contributed by atoms with Gasteiger partial charge >= 0.3 is 0 Å². The van der Waals surface area contributed by atoms with Crippen LogP contribution in [0.5, 0.6) is 0 Å². The molecule has 1 N–H and O–H groups in total. The fourth-order valence-corrected chi connectivity index (χ4v) is 5.49. The Balaban J connectivity index is 1.86. The highest BCUT2D eigenvalue weighted by Gasteiger charge is 2.28. The third kappa shape index (κ3) is 5.60. The first-order valence-electron chi connectivity index (χ1n) is 10.1. The summed E-state index contributed by atoms with van der Waals surface area (Å²) in [5, 5.41) is 3.77. The van der Waals surface area contributed by atoms with Crippen molar-refractivity contribution < 1.29 is 13.2 Å². The van der Waals surface area contributed by atoms with Crippen LogP contribution in [0.2, 0.25) is 5.02 Å². The number of nitrogens with one attached hydrogen (secondary N) is 1. The van der Waals surface area contributed by atoms with E-state index in [1.54, 1.807) is 36.1 Å². The molecule has 1 saturated heterocycles. The summed E-state index contributed by atoms with van der Waals surface area (Å²) in [6, 6.07) is 12.5. The van der Waals surface area contributed by atoms with Crippen LogP contribution in [-0.4, -0.2) is 56.3 Å². The van der Waals surface area contributed by atoms with Crippen molar-refractivity contribution in [3.8, 4) is 0 Å². The molecular formula is C22H28ClN3O3S. The van der Waals surface area contributed by atoms with Crippen molar-refractivity contribution in [2.24, 2.45) is 0 Å². The number of benzene rings is 2. The standard InChI is InChI=1S/C22H28ClN3O3S/c1-17-6-7-18(2)21(14-17)30(28,29)26(16-19-4-3-5-20(23)15-19)11-8-22(27)25-12-9-24-10-13-25/h3-7,14-15,24H,8-13,16H2,1-2H3. The van der Waals surface area contributed by atoms with E-state index in [0.717, 1.165) is 24.2 Å². The molecule has 162 valence electrons. The van der Waals surface area contributed by atoms with E-state index in [1.807, 2.05) is 25.1 Å². The molecule has 0 aromatic heterocycles. The molecule has 6 nitrogen and oxygen atoms in total. The molecule has 0 unspecified atom stereocenters. The largest absolute Gasteiger partial charge is 0.340 e. The van der Waals surface area contributed by atoms with Crippen LogP contribution in [-0.2, 0) is 21.4 Å². The molecule has 1 aliphatic rings. The van der Waals surface area contributed by atoms with Crippen molar-refractivity contribution in [3.63, 3.8) is 0 Å². The van der Waals surface area contributed by atoms with E-state index >= 15 is 0 Å². The Morgan fingerprint density at radius 2 is 1.87 bits per heavy atom. The zero-order valence-electron chi connectivity index (χ0n) is 17.4. The monoisotopic (exact) mass is 449 g/mol. The van der Waals surface area contributed by atoms with E-state index in [2.05, 4.69) is 5.32 Å². The summed E-state index contributed by atoms with van der Waals surface area (Å²) < 4.78 is 28.5. The maximum absolute atomic E-state index is 13.5. The van der Waals surface area contributed by atoms with Crippen LogP contribution in [0.4, 0.5) is 0 Å². The molecule has 2 aromatic rings. The highest BCUT2D eigenvalue weighted by atomic mass is 35.5. The molecule has 3 rings (SSSR count). The highest BCUT2D eigenvalue weighted by molar-refractivity contribution is 7.89. The summed E-state index contributed by atoms with van der Waals surface area (Å²) in [7, 11) is -3.78. The third-order valence-corrected chi connectivity index (χ3v) is 7.48.